The molecule has 24 heavy (non-hydrogen) atoms. The summed E-state index contributed by atoms with van der Waals surface area (Å²) >= 11 is 0. The first-order chi connectivity index (χ1) is 11.8. The van der Waals surface area contributed by atoms with Crippen molar-refractivity contribution in [1.29, 1.82) is 0 Å². The average Bonchev–Trinajstić information content (AvgIpc) is 3.10. The molecule has 1 heterocycles. The highest BCUT2D eigenvalue weighted by atomic mass is 16.5. The zero-order chi connectivity index (χ0) is 16.1. The Bertz CT molecular complexity index is 745. The smallest absolute Gasteiger partial charge is 0.118 e. The number of methoxy groups -OCH3 is 1. The van der Waals surface area contributed by atoms with E-state index in [9.17, 15) is 0 Å². The molecule has 2 fully saturated rings. The van der Waals surface area contributed by atoms with Gasteiger partial charge in [0.2, 0.25) is 0 Å². The lowest BCUT2D eigenvalue weighted by atomic mass is 9.49. The number of fused-ring (bicyclic) bond motifs is 1. The summed E-state index contributed by atoms with van der Waals surface area (Å²) < 4.78 is 5.34. The topological polar surface area (TPSA) is 21.3 Å². The second-order valence-corrected chi connectivity index (χ2v) is 7.90. The Morgan fingerprint density at radius 3 is 2.50 bits per heavy atom. The van der Waals surface area contributed by atoms with Crippen LogP contribution < -0.4 is 10.1 Å². The number of benzene rings is 2. The van der Waals surface area contributed by atoms with E-state index in [4.69, 9.17) is 4.74 Å². The van der Waals surface area contributed by atoms with Crippen LogP contribution in [0.3, 0.4) is 0 Å². The Kier molecular flexibility index (Phi) is 3.24. The Morgan fingerprint density at radius 2 is 1.79 bits per heavy atom. The van der Waals surface area contributed by atoms with Gasteiger partial charge >= 0.3 is 0 Å². The number of nitrogens with one attached hydrogen (secondary N) is 1. The molecule has 2 aromatic carbocycles. The second kappa shape index (κ2) is 5.35. The minimum atomic E-state index is 0.502. The zero-order valence-corrected chi connectivity index (χ0v) is 14.3. The highest BCUT2D eigenvalue weighted by molar-refractivity contribution is 5.46. The maximum Gasteiger partial charge on any atom is 0.118 e. The van der Waals surface area contributed by atoms with Crippen molar-refractivity contribution < 1.29 is 4.74 Å². The van der Waals surface area contributed by atoms with E-state index < -0.39 is 0 Å². The molecule has 6 rings (SSSR count). The van der Waals surface area contributed by atoms with Crippen molar-refractivity contribution in [3.05, 3.63) is 65.2 Å². The van der Waals surface area contributed by atoms with Crippen molar-refractivity contribution in [2.24, 2.45) is 5.41 Å². The lowest BCUT2D eigenvalue weighted by Gasteiger charge is -2.54. The van der Waals surface area contributed by atoms with Crippen molar-refractivity contribution in [2.75, 3.05) is 20.2 Å². The number of hydrogen-bond acceptors (Lipinski definition) is 2. The van der Waals surface area contributed by atoms with Gasteiger partial charge in [0, 0.05) is 6.54 Å². The third-order valence-corrected chi connectivity index (χ3v) is 6.93. The van der Waals surface area contributed by atoms with Crippen LogP contribution in [0.1, 0.15) is 53.7 Å². The third-order valence-electron chi connectivity index (χ3n) is 6.93. The summed E-state index contributed by atoms with van der Waals surface area (Å²) in [5, 5.41) is 3.65. The fraction of sp³-hybridized carbons (Fsp3) is 0.455. The molecule has 4 aliphatic rings. The van der Waals surface area contributed by atoms with E-state index in [0.29, 0.717) is 23.2 Å². The summed E-state index contributed by atoms with van der Waals surface area (Å²) in [5.41, 5.74) is 5.25. The van der Waals surface area contributed by atoms with E-state index in [-0.39, 0.29) is 0 Å². The van der Waals surface area contributed by atoms with Gasteiger partial charge in [-0.15, -0.1) is 0 Å². The van der Waals surface area contributed by atoms with Crippen LogP contribution >= 0.6 is 0 Å². The van der Waals surface area contributed by atoms with Crippen LogP contribution in [-0.2, 0) is 0 Å². The molecule has 2 aromatic rings. The van der Waals surface area contributed by atoms with Gasteiger partial charge in [0.05, 0.1) is 7.11 Å². The molecule has 4 atom stereocenters. The standard InChI is InChI=1S/C22H25NO/c1-24-16-8-6-15(7-9-16)19-12-21-18-5-3-2-4-17(18)20(19)13-22(21)10-11-23-14-22/h2-9,19-21,23H,10-14H2,1H3/t19-,20?,21?,22-/m0/s1. The Balaban J connectivity index is 1.57. The van der Waals surface area contributed by atoms with Gasteiger partial charge in [-0.25, -0.2) is 0 Å². The van der Waals surface area contributed by atoms with E-state index in [0.717, 1.165) is 5.75 Å². The average molecular weight is 319 g/mol. The molecule has 1 aliphatic heterocycles. The maximum atomic E-state index is 5.34. The molecule has 3 aliphatic carbocycles. The van der Waals surface area contributed by atoms with Crippen LogP contribution in [0, 0.1) is 5.41 Å². The van der Waals surface area contributed by atoms with Gasteiger partial charge in [0.15, 0.2) is 0 Å². The molecule has 1 saturated carbocycles. The predicted molar refractivity (Wildman–Crippen MR) is 96.8 cm³/mol. The fourth-order valence-electron chi connectivity index (χ4n) is 5.79. The minimum Gasteiger partial charge on any atom is -0.497 e. The maximum absolute atomic E-state index is 5.34. The van der Waals surface area contributed by atoms with Crippen molar-refractivity contribution in [1.82, 2.24) is 5.32 Å². The molecule has 2 unspecified atom stereocenters. The highest BCUT2D eigenvalue weighted by Gasteiger charge is 2.54. The molecule has 0 amide bonds. The van der Waals surface area contributed by atoms with Crippen molar-refractivity contribution in [3.8, 4) is 5.75 Å². The van der Waals surface area contributed by atoms with E-state index >= 15 is 0 Å². The number of hydrogen-bond donors (Lipinski definition) is 1. The van der Waals surface area contributed by atoms with Gasteiger partial charge in [-0.2, -0.15) is 0 Å². The van der Waals surface area contributed by atoms with Crippen LogP contribution in [0.5, 0.6) is 5.75 Å². The van der Waals surface area contributed by atoms with Crippen LogP contribution in [0.4, 0.5) is 0 Å². The summed E-state index contributed by atoms with van der Waals surface area (Å²) in [5.74, 6) is 2.99. The van der Waals surface area contributed by atoms with E-state index in [2.05, 4.69) is 53.8 Å². The van der Waals surface area contributed by atoms with Gasteiger partial charge in [0.25, 0.3) is 0 Å². The molecule has 1 spiro atoms. The van der Waals surface area contributed by atoms with Crippen LogP contribution in [-0.4, -0.2) is 20.2 Å². The SMILES string of the molecule is COc1ccc([C@@H]2CC3c4ccccc4C2C[C@]32CCNC2)cc1. The van der Waals surface area contributed by atoms with Crippen LogP contribution in [0.2, 0.25) is 0 Å². The Hall–Kier alpha value is -1.80. The van der Waals surface area contributed by atoms with Crippen molar-refractivity contribution in [2.45, 2.75) is 37.0 Å². The minimum absolute atomic E-state index is 0.502. The summed E-state index contributed by atoms with van der Waals surface area (Å²) in [6.45, 7) is 2.40. The molecule has 2 nitrogen and oxygen atoms in total. The largest absolute Gasteiger partial charge is 0.497 e. The van der Waals surface area contributed by atoms with E-state index in [1.807, 2.05) is 0 Å². The molecular weight excluding hydrogens is 294 g/mol. The highest BCUT2D eigenvalue weighted by Crippen LogP contribution is 2.65. The molecular formula is C22H25NO. The van der Waals surface area contributed by atoms with Crippen molar-refractivity contribution in [3.63, 3.8) is 0 Å². The summed E-state index contributed by atoms with van der Waals surface area (Å²) in [6.07, 6.45) is 3.99. The van der Waals surface area contributed by atoms with Crippen LogP contribution in [0.15, 0.2) is 48.5 Å². The van der Waals surface area contributed by atoms with E-state index in [1.165, 1.54) is 37.9 Å². The molecule has 2 bridgehead atoms. The summed E-state index contributed by atoms with van der Waals surface area (Å²) in [7, 11) is 1.74. The van der Waals surface area contributed by atoms with Gasteiger partial charge in [0.1, 0.15) is 5.75 Å². The Labute approximate surface area is 144 Å². The fourth-order valence-corrected chi connectivity index (χ4v) is 5.79. The zero-order valence-electron chi connectivity index (χ0n) is 14.3. The first kappa shape index (κ1) is 14.5. The van der Waals surface area contributed by atoms with Crippen molar-refractivity contribution >= 4 is 0 Å². The predicted octanol–water partition coefficient (Wildman–Crippen LogP) is 4.43. The lowest BCUT2D eigenvalue weighted by molar-refractivity contribution is 0.117. The lowest BCUT2D eigenvalue weighted by Crippen LogP contribution is -2.44. The molecule has 0 radical (unpaired) electrons. The molecule has 124 valence electrons. The van der Waals surface area contributed by atoms with Gasteiger partial charge in [-0.3, -0.25) is 0 Å². The summed E-state index contributed by atoms with van der Waals surface area (Å²) in [6, 6.07) is 18.1. The second-order valence-electron chi connectivity index (χ2n) is 7.90. The Morgan fingerprint density at radius 1 is 1.00 bits per heavy atom. The van der Waals surface area contributed by atoms with Crippen LogP contribution in [0.25, 0.3) is 0 Å². The third kappa shape index (κ3) is 1.99. The molecule has 1 N–H and O–H groups in total. The molecule has 2 heteroatoms. The monoisotopic (exact) mass is 319 g/mol. The van der Waals surface area contributed by atoms with Gasteiger partial charge in [-0.05, 0) is 77.8 Å². The quantitative estimate of drug-likeness (QED) is 0.884. The number of rotatable bonds is 2. The normalized spacial score (nSPS) is 33.6. The van der Waals surface area contributed by atoms with Gasteiger partial charge < -0.3 is 10.1 Å². The molecule has 0 aromatic heterocycles. The van der Waals surface area contributed by atoms with Gasteiger partial charge in [-0.1, -0.05) is 36.4 Å². The summed E-state index contributed by atoms with van der Waals surface area (Å²) in [4.78, 5) is 0. The first-order valence-corrected chi connectivity index (χ1v) is 9.24. The number of ether oxygens (including phenoxy) is 1. The molecule has 1 saturated heterocycles. The van der Waals surface area contributed by atoms with E-state index in [1.54, 1.807) is 18.2 Å². The first-order valence-electron chi connectivity index (χ1n) is 9.24.